The van der Waals surface area contributed by atoms with Crippen molar-refractivity contribution < 1.29 is 32.6 Å². The van der Waals surface area contributed by atoms with Crippen LogP contribution in [0.25, 0.3) is 0 Å². The molecule has 2 saturated heterocycles. The third-order valence-electron chi connectivity index (χ3n) is 7.56. The molecule has 2 aliphatic heterocycles. The van der Waals surface area contributed by atoms with Crippen LogP contribution in [-0.4, -0.2) is 99.3 Å². The molecule has 2 aliphatic rings. The lowest BCUT2D eigenvalue weighted by Crippen LogP contribution is -2.34. The van der Waals surface area contributed by atoms with Crippen molar-refractivity contribution in [2.75, 3.05) is 65.9 Å². The molecule has 254 valence electrons. The van der Waals surface area contributed by atoms with Gasteiger partial charge in [-0.2, -0.15) is 13.2 Å². The Morgan fingerprint density at radius 1 is 1.11 bits per heavy atom. The Morgan fingerprint density at radius 2 is 1.73 bits per heavy atom. The van der Waals surface area contributed by atoms with E-state index in [0.29, 0.717) is 16.5 Å². The number of aliphatic hydroxyl groups is 1. The molecule has 3 heterocycles. The maximum absolute atomic E-state index is 12.5. The summed E-state index contributed by atoms with van der Waals surface area (Å²) in [5.41, 5.74) is 0.424. The van der Waals surface area contributed by atoms with Crippen LogP contribution in [0.5, 0.6) is 5.75 Å². The smallest absolute Gasteiger partial charge is 0.402 e. The van der Waals surface area contributed by atoms with Gasteiger partial charge in [-0.25, -0.2) is 4.98 Å². The van der Waals surface area contributed by atoms with Crippen molar-refractivity contribution in [3.05, 3.63) is 52.7 Å². The molecule has 8 nitrogen and oxygen atoms in total. The summed E-state index contributed by atoms with van der Waals surface area (Å²) < 4.78 is 41.9. The maximum Gasteiger partial charge on any atom is 0.402 e. The number of amides is 1. The number of anilines is 1. The predicted octanol–water partition coefficient (Wildman–Crippen LogP) is 6.70. The molecule has 1 unspecified atom stereocenters. The SMILES string of the molecule is CC.CN(C)CCCC1CCN(c2ccc(C(=O)N3CCCC3)c(Cl)n2)CC1.CO.COc1cccc(C(C=O)C(F)(F)F)c1. The summed E-state index contributed by atoms with van der Waals surface area (Å²) in [4.78, 5) is 33.9. The molecule has 0 aliphatic carbocycles. The van der Waals surface area contributed by atoms with Crippen LogP contribution in [0.4, 0.5) is 19.0 Å². The van der Waals surface area contributed by atoms with Gasteiger partial charge in [0.15, 0.2) is 0 Å². The number of hydrogen-bond acceptors (Lipinski definition) is 7. The number of aldehydes is 1. The third kappa shape index (κ3) is 13.2. The number of nitrogens with zero attached hydrogens (tertiary/aromatic N) is 4. The first kappa shape index (κ1) is 40.1. The largest absolute Gasteiger partial charge is 0.497 e. The van der Waals surface area contributed by atoms with E-state index in [1.807, 2.05) is 30.9 Å². The van der Waals surface area contributed by atoms with Gasteiger partial charge in [-0.3, -0.25) is 4.79 Å². The highest BCUT2D eigenvalue weighted by atomic mass is 35.5. The molecule has 0 saturated carbocycles. The number of halogens is 4. The molecule has 4 rings (SSSR count). The van der Waals surface area contributed by atoms with Gasteiger partial charge in [-0.05, 0) is 94.9 Å². The van der Waals surface area contributed by atoms with Crippen LogP contribution in [-0.2, 0) is 4.79 Å². The second-order valence-corrected chi connectivity index (χ2v) is 11.2. The minimum atomic E-state index is -4.56. The first-order valence-corrected chi connectivity index (χ1v) is 15.9. The Kier molecular flexibility index (Phi) is 18.7. The summed E-state index contributed by atoms with van der Waals surface area (Å²) >= 11 is 6.36. The average Bonchev–Trinajstić information content (AvgIpc) is 3.58. The van der Waals surface area contributed by atoms with E-state index in [1.54, 1.807) is 0 Å². The van der Waals surface area contributed by atoms with Crippen LogP contribution in [0, 0.1) is 5.92 Å². The van der Waals surface area contributed by atoms with E-state index in [9.17, 15) is 22.8 Å². The zero-order chi connectivity index (χ0) is 34.0. The lowest BCUT2D eigenvalue weighted by molar-refractivity contribution is -0.155. The number of methoxy groups -OCH3 is 1. The number of hydrogen-bond donors (Lipinski definition) is 1. The predicted molar refractivity (Wildman–Crippen MR) is 174 cm³/mol. The molecule has 12 heteroatoms. The molecule has 1 aromatic heterocycles. The van der Waals surface area contributed by atoms with Gasteiger partial charge in [0.2, 0.25) is 0 Å². The summed E-state index contributed by atoms with van der Waals surface area (Å²) in [6, 6.07) is 9.19. The first-order chi connectivity index (χ1) is 21.5. The van der Waals surface area contributed by atoms with E-state index in [2.05, 4.69) is 28.9 Å². The average molecular weight is 659 g/mol. The Bertz CT molecular complexity index is 1140. The number of benzene rings is 1. The quantitative estimate of drug-likeness (QED) is 0.237. The Morgan fingerprint density at radius 3 is 2.24 bits per heavy atom. The van der Waals surface area contributed by atoms with Gasteiger partial charge >= 0.3 is 6.18 Å². The monoisotopic (exact) mass is 658 g/mol. The molecular weight excluding hydrogens is 609 g/mol. The lowest BCUT2D eigenvalue weighted by Gasteiger charge is -2.33. The van der Waals surface area contributed by atoms with E-state index in [1.165, 1.54) is 63.6 Å². The highest BCUT2D eigenvalue weighted by molar-refractivity contribution is 6.32. The van der Waals surface area contributed by atoms with Crippen LogP contribution in [0.1, 0.15) is 74.2 Å². The van der Waals surface area contributed by atoms with E-state index in [4.69, 9.17) is 21.4 Å². The normalized spacial score (nSPS) is 15.6. The number of piperidine rings is 1. The fraction of sp³-hybridized carbons (Fsp3) is 0.606. The number of carbonyl (C=O) groups is 2. The minimum absolute atomic E-state index is 0.0196. The topological polar surface area (TPSA) is 86.2 Å². The highest BCUT2D eigenvalue weighted by Crippen LogP contribution is 2.34. The standard InChI is InChI=1S/C20H31ClN4O.C10H9F3O2.C2H6.CH4O/c1-23(2)11-5-6-16-9-14-24(15-10-16)18-8-7-17(19(21)22-18)20(26)25-12-3-4-13-25;1-15-8-4-2-3-7(5-8)9(6-14)10(11,12)13;2*1-2/h7-8,16H,3-6,9-15H2,1-2H3;2-6,9H,1H3;1-2H3;2H,1H3. The summed E-state index contributed by atoms with van der Waals surface area (Å²) in [5.74, 6) is -0.0558. The van der Waals surface area contributed by atoms with Gasteiger partial charge in [-0.1, -0.05) is 37.6 Å². The molecule has 1 aromatic carbocycles. The molecule has 45 heavy (non-hydrogen) atoms. The highest BCUT2D eigenvalue weighted by Gasteiger charge is 2.40. The zero-order valence-corrected chi connectivity index (χ0v) is 28.2. The number of pyridine rings is 1. The van der Waals surface area contributed by atoms with Crippen molar-refractivity contribution in [2.24, 2.45) is 5.92 Å². The molecule has 0 radical (unpaired) electrons. The zero-order valence-electron chi connectivity index (χ0n) is 27.4. The molecule has 2 aromatic rings. The summed E-state index contributed by atoms with van der Waals surface area (Å²) in [6.07, 6.45) is 2.49. The number of ether oxygens (including phenoxy) is 1. The summed E-state index contributed by atoms with van der Waals surface area (Å²) in [5, 5.41) is 7.34. The lowest BCUT2D eigenvalue weighted by atomic mass is 9.92. The Balaban J connectivity index is 0.000000455. The first-order valence-electron chi connectivity index (χ1n) is 15.5. The number of aromatic nitrogens is 1. The molecular formula is C33H50ClF3N4O4. The Hall–Kier alpha value is -2.89. The van der Waals surface area contributed by atoms with Crippen LogP contribution in [0.15, 0.2) is 36.4 Å². The molecule has 0 bridgehead atoms. The van der Waals surface area contributed by atoms with Gasteiger partial charge in [-0.15, -0.1) is 0 Å². The van der Waals surface area contributed by atoms with Crippen LogP contribution in [0.3, 0.4) is 0 Å². The van der Waals surface area contributed by atoms with Crippen molar-refractivity contribution >= 4 is 29.6 Å². The summed E-state index contributed by atoms with van der Waals surface area (Å²) in [6.45, 7) is 8.88. The van der Waals surface area contributed by atoms with Crippen LogP contribution >= 0.6 is 11.6 Å². The van der Waals surface area contributed by atoms with Crippen molar-refractivity contribution in [2.45, 2.75) is 64.5 Å². The molecule has 1 amide bonds. The number of carbonyl (C=O) groups excluding carboxylic acids is 2. The number of alkyl halides is 3. The van der Waals surface area contributed by atoms with Gasteiger partial charge in [0.1, 0.15) is 28.9 Å². The minimum Gasteiger partial charge on any atom is -0.497 e. The van der Waals surface area contributed by atoms with E-state index in [-0.39, 0.29) is 17.8 Å². The fourth-order valence-corrected chi connectivity index (χ4v) is 5.41. The van der Waals surface area contributed by atoms with Crippen molar-refractivity contribution in [1.82, 2.24) is 14.8 Å². The number of likely N-dealkylation sites (tertiary alicyclic amines) is 1. The summed E-state index contributed by atoms with van der Waals surface area (Å²) in [7, 11) is 6.62. The van der Waals surface area contributed by atoms with Crippen molar-refractivity contribution in [1.29, 1.82) is 0 Å². The maximum atomic E-state index is 12.5. The molecule has 2 fully saturated rings. The molecule has 1 atom stereocenters. The van der Waals surface area contributed by atoms with E-state index >= 15 is 0 Å². The van der Waals surface area contributed by atoms with E-state index in [0.717, 1.165) is 57.9 Å². The van der Waals surface area contributed by atoms with Crippen LogP contribution in [0.2, 0.25) is 5.15 Å². The van der Waals surface area contributed by atoms with Crippen LogP contribution < -0.4 is 9.64 Å². The molecule has 1 N–H and O–H groups in total. The van der Waals surface area contributed by atoms with Gasteiger partial charge in [0, 0.05) is 33.3 Å². The Labute approximate surface area is 271 Å². The number of aliphatic hydroxyl groups excluding tert-OH is 1. The van der Waals surface area contributed by atoms with Gasteiger partial charge in [0.25, 0.3) is 5.91 Å². The van der Waals surface area contributed by atoms with Crippen molar-refractivity contribution in [3.63, 3.8) is 0 Å². The second-order valence-electron chi connectivity index (χ2n) is 10.8. The van der Waals surface area contributed by atoms with Crippen molar-refractivity contribution in [3.8, 4) is 5.75 Å². The molecule has 0 spiro atoms. The van der Waals surface area contributed by atoms with Gasteiger partial charge in [0.05, 0.1) is 12.7 Å². The fourth-order valence-electron chi connectivity index (χ4n) is 5.18. The third-order valence-corrected chi connectivity index (χ3v) is 7.84. The second kappa shape index (κ2) is 21.0. The number of rotatable bonds is 9. The van der Waals surface area contributed by atoms with E-state index < -0.39 is 12.1 Å². The van der Waals surface area contributed by atoms with Gasteiger partial charge < -0.3 is 29.3 Å².